The van der Waals surface area contributed by atoms with Crippen LogP contribution in [-0.2, 0) is 9.47 Å². The third kappa shape index (κ3) is 4.24. The number of rotatable bonds is 6. The average Bonchev–Trinajstić information content (AvgIpc) is 2.34. The zero-order chi connectivity index (χ0) is 12.7. The van der Waals surface area contributed by atoms with E-state index in [2.05, 4.69) is 0 Å². The smallest absolute Gasteiger partial charge is 0.340 e. The Morgan fingerprint density at radius 1 is 1.29 bits per heavy atom. The first-order valence-electron chi connectivity index (χ1n) is 5.23. The van der Waals surface area contributed by atoms with Crippen LogP contribution < -0.4 is 0 Å². The number of hydrogen-bond acceptors (Lipinski definition) is 4. The van der Waals surface area contributed by atoms with Crippen LogP contribution in [-0.4, -0.2) is 30.4 Å². The summed E-state index contributed by atoms with van der Waals surface area (Å²) in [6.07, 6.45) is 0.839. The second-order valence-electron chi connectivity index (χ2n) is 3.34. The summed E-state index contributed by atoms with van der Waals surface area (Å²) in [4.78, 5) is 22.2. The Bertz CT molecular complexity index is 400. The molecule has 0 aliphatic rings. The summed E-state index contributed by atoms with van der Waals surface area (Å²) in [5.41, 5.74) is 0.249. The number of carboxylic acid groups (broad SMARTS) is 1. The first kappa shape index (κ1) is 13.2. The molecule has 17 heavy (non-hydrogen) atoms. The first-order valence-corrected chi connectivity index (χ1v) is 5.23. The zero-order valence-electron chi connectivity index (χ0n) is 9.51. The van der Waals surface area contributed by atoms with Crippen LogP contribution in [0.1, 0.15) is 34.1 Å². The molecule has 0 fully saturated rings. The number of esters is 1. The van der Waals surface area contributed by atoms with Gasteiger partial charge in [-0.2, -0.15) is 0 Å². The van der Waals surface area contributed by atoms with Crippen molar-refractivity contribution in [1.29, 1.82) is 0 Å². The highest BCUT2D eigenvalue weighted by atomic mass is 16.7. The van der Waals surface area contributed by atoms with Crippen LogP contribution >= 0.6 is 0 Å². The standard InChI is InChI=1S/C12H14O5/c1-2-6-16-8-17-12(15)10-5-3-4-9(7-10)11(13)14/h3-5,7H,2,6,8H2,1H3,(H,13,14). The molecule has 1 aromatic carbocycles. The topological polar surface area (TPSA) is 72.8 Å². The van der Waals surface area contributed by atoms with Gasteiger partial charge in [0.15, 0.2) is 6.79 Å². The van der Waals surface area contributed by atoms with Gasteiger partial charge in [0, 0.05) is 0 Å². The molecule has 1 rings (SSSR count). The molecule has 5 heteroatoms. The van der Waals surface area contributed by atoms with Gasteiger partial charge in [-0.1, -0.05) is 13.0 Å². The molecule has 0 aliphatic carbocycles. The minimum atomic E-state index is -1.08. The number of carboxylic acids is 1. The summed E-state index contributed by atoms with van der Waals surface area (Å²) in [6, 6.07) is 5.67. The van der Waals surface area contributed by atoms with Gasteiger partial charge in [0.05, 0.1) is 17.7 Å². The number of aromatic carboxylic acids is 1. The molecule has 0 saturated carbocycles. The van der Waals surface area contributed by atoms with Gasteiger partial charge in [-0.05, 0) is 24.6 Å². The lowest BCUT2D eigenvalue weighted by molar-refractivity contribution is -0.0311. The highest BCUT2D eigenvalue weighted by molar-refractivity contribution is 5.94. The summed E-state index contributed by atoms with van der Waals surface area (Å²) in [7, 11) is 0. The fourth-order valence-corrected chi connectivity index (χ4v) is 1.16. The van der Waals surface area contributed by atoms with Gasteiger partial charge in [-0.3, -0.25) is 0 Å². The van der Waals surface area contributed by atoms with Crippen molar-refractivity contribution >= 4 is 11.9 Å². The normalized spacial score (nSPS) is 9.94. The fourth-order valence-electron chi connectivity index (χ4n) is 1.16. The van der Waals surface area contributed by atoms with Gasteiger partial charge in [0.25, 0.3) is 0 Å². The van der Waals surface area contributed by atoms with Crippen molar-refractivity contribution in [3.63, 3.8) is 0 Å². The summed E-state index contributed by atoms with van der Waals surface area (Å²) in [5.74, 6) is -1.67. The Morgan fingerprint density at radius 3 is 2.65 bits per heavy atom. The molecule has 0 atom stereocenters. The van der Waals surface area contributed by atoms with Crippen molar-refractivity contribution < 1.29 is 24.2 Å². The van der Waals surface area contributed by atoms with Crippen LogP contribution in [0.4, 0.5) is 0 Å². The minimum absolute atomic E-state index is 0.0499. The summed E-state index contributed by atoms with van der Waals surface area (Å²) in [5, 5.41) is 8.76. The van der Waals surface area contributed by atoms with Crippen molar-refractivity contribution in [1.82, 2.24) is 0 Å². The van der Waals surface area contributed by atoms with Crippen molar-refractivity contribution in [2.75, 3.05) is 13.4 Å². The summed E-state index contributed by atoms with van der Waals surface area (Å²) in [6.45, 7) is 2.34. The van der Waals surface area contributed by atoms with Crippen molar-refractivity contribution in [3.8, 4) is 0 Å². The SMILES string of the molecule is CCCOCOC(=O)c1cccc(C(=O)O)c1. The monoisotopic (exact) mass is 238 g/mol. The number of carbonyl (C=O) groups excluding carboxylic acids is 1. The third-order valence-electron chi connectivity index (χ3n) is 1.97. The number of ether oxygens (including phenoxy) is 2. The molecule has 1 aromatic rings. The van der Waals surface area contributed by atoms with Gasteiger partial charge >= 0.3 is 11.9 Å². The lowest BCUT2D eigenvalue weighted by Crippen LogP contribution is -2.10. The quantitative estimate of drug-likeness (QED) is 0.465. The van der Waals surface area contributed by atoms with E-state index in [1.807, 2.05) is 6.92 Å². The van der Waals surface area contributed by atoms with Gasteiger partial charge in [-0.15, -0.1) is 0 Å². The highest BCUT2D eigenvalue weighted by Crippen LogP contribution is 2.07. The Labute approximate surface area is 99.0 Å². The number of benzene rings is 1. The van der Waals surface area contributed by atoms with Crippen LogP contribution in [0.2, 0.25) is 0 Å². The molecule has 0 radical (unpaired) electrons. The molecular weight excluding hydrogens is 224 g/mol. The second kappa shape index (κ2) is 6.65. The predicted octanol–water partition coefficient (Wildman–Crippen LogP) is 1.93. The Balaban J connectivity index is 2.56. The van der Waals surface area contributed by atoms with E-state index < -0.39 is 11.9 Å². The molecule has 5 nitrogen and oxygen atoms in total. The van der Waals surface area contributed by atoms with Crippen molar-refractivity contribution in [2.24, 2.45) is 0 Å². The number of carbonyl (C=O) groups is 2. The average molecular weight is 238 g/mol. The van der Waals surface area contributed by atoms with Crippen LogP contribution in [0.5, 0.6) is 0 Å². The summed E-state index contributed by atoms with van der Waals surface area (Å²) >= 11 is 0. The van der Waals surface area contributed by atoms with E-state index in [1.54, 1.807) is 0 Å². The first-order chi connectivity index (χ1) is 8.15. The Kier molecular flexibility index (Phi) is 5.16. The van der Waals surface area contributed by atoms with Gasteiger partial charge in [0.1, 0.15) is 0 Å². The molecule has 0 unspecified atom stereocenters. The molecule has 0 heterocycles. The van der Waals surface area contributed by atoms with Gasteiger partial charge < -0.3 is 14.6 Å². The zero-order valence-corrected chi connectivity index (χ0v) is 9.51. The third-order valence-corrected chi connectivity index (χ3v) is 1.97. The van der Waals surface area contributed by atoms with Gasteiger partial charge in [0.2, 0.25) is 0 Å². The maximum Gasteiger partial charge on any atom is 0.340 e. The maximum absolute atomic E-state index is 11.5. The largest absolute Gasteiger partial charge is 0.478 e. The number of hydrogen-bond donors (Lipinski definition) is 1. The Morgan fingerprint density at radius 2 is 2.00 bits per heavy atom. The van der Waals surface area contributed by atoms with E-state index in [4.69, 9.17) is 14.6 Å². The molecule has 1 N–H and O–H groups in total. The molecule has 92 valence electrons. The Hall–Kier alpha value is -1.88. The molecule has 0 amide bonds. The molecule has 0 spiro atoms. The van der Waals surface area contributed by atoms with E-state index in [-0.39, 0.29) is 17.9 Å². The second-order valence-corrected chi connectivity index (χ2v) is 3.34. The van der Waals surface area contributed by atoms with Crippen molar-refractivity contribution in [3.05, 3.63) is 35.4 Å². The van der Waals surface area contributed by atoms with Crippen LogP contribution in [0.3, 0.4) is 0 Å². The summed E-state index contributed by atoms with van der Waals surface area (Å²) < 4.78 is 9.80. The van der Waals surface area contributed by atoms with E-state index in [1.165, 1.54) is 24.3 Å². The van der Waals surface area contributed by atoms with Gasteiger partial charge in [-0.25, -0.2) is 9.59 Å². The highest BCUT2D eigenvalue weighted by Gasteiger charge is 2.10. The van der Waals surface area contributed by atoms with Crippen LogP contribution in [0.25, 0.3) is 0 Å². The van der Waals surface area contributed by atoms with Crippen LogP contribution in [0, 0.1) is 0 Å². The molecule has 0 bridgehead atoms. The van der Waals surface area contributed by atoms with E-state index >= 15 is 0 Å². The van der Waals surface area contributed by atoms with E-state index in [0.29, 0.717) is 6.61 Å². The fraction of sp³-hybridized carbons (Fsp3) is 0.333. The lowest BCUT2D eigenvalue weighted by Gasteiger charge is -2.05. The molecule has 0 aliphatic heterocycles. The van der Waals surface area contributed by atoms with Crippen LogP contribution in [0.15, 0.2) is 24.3 Å². The molecule has 0 saturated heterocycles. The minimum Gasteiger partial charge on any atom is -0.478 e. The van der Waals surface area contributed by atoms with E-state index in [9.17, 15) is 9.59 Å². The maximum atomic E-state index is 11.5. The molecule has 0 aromatic heterocycles. The lowest BCUT2D eigenvalue weighted by atomic mass is 10.1. The van der Waals surface area contributed by atoms with E-state index in [0.717, 1.165) is 6.42 Å². The molecular formula is C12H14O5. The van der Waals surface area contributed by atoms with Crippen molar-refractivity contribution in [2.45, 2.75) is 13.3 Å². The predicted molar refractivity (Wildman–Crippen MR) is 59.9 cm³/mol.